The van der Waals surface area contributed by atoms with E-state index in [9.17, 15) is 0 Å². The highest BCUT2D eigenvalue weighted by Crippen LogP contribution is 2.59. The number of para-hydroxylation sites is 3. The second-order valence-electron chi connectivity index (χ2n) is 34.0. The minimum atomic E-state index is -2.86. The van der Waals surface area contributed by atoms with Crippen LogP contribution in [0.2, 0.25) is 0 Å². The zero-order valence-electron chi connectivity index (χ0n) is 68.7. The fraction of sp³-hybridized carbons (Fsp3) is 0.0517. The van der Waals surface area contributed by atoms with Crippen molar-refractivity contribution in [1.29, 1.82) is 0 Å². The van der Waals surface area contributed by atoms with Crippen molar-refractivity contribution in [3.8, 4) is 56.0 Å². The van der Waals surface area contributed by atoms with Crippen LogP contribution in [0.4, 0.5) is 34.1 Å². The summed E-state index contributed by atoms with van der Waals surface area (Å²) in [5, 5.41) is 18.6. The highest BCUT2D eigenvalue weighted by molar-refractivity contribution is 8.00. The van der Waals surface area contributed by atoms with Crippen molar-refractivity contribution >= 4 is 157 Å². The van der Waals surface area contributed by atoms with Crippen molar-refractivity contribution in [3.05, 3.63) is 459 Å². The topological polar surface area (TPSA) is 15.7 Å². The fourth-order valence-corrected chi connectivity index (χ4v) is 34.6. The van der Waals surface area contributed by atoms with E-state index in [0.717, 1.165) is 39.9 Å². The van der Waals surface area contributed by atoms with E-state index in [1.807, 2.05) is 23.1 Å². The summed E-state index contributed by atoms with van der Waals surface area (Å²) in [6.07, 6.45) is 0. The Morgan fingerprint density at radius 3 is 1.26 bits per heavy atom. The number of nitrogens with zero attached hydrogens (tertiary/aromatic N) is 2. The molecule has 584 valence electrons. The average molecular weight is 1640 g/mol. The second-order valence-corrected chi connectivity index (χ2v) is 43.5. The summed E-state index contributed by atoms with van der Waals surface area (Å²) in [4.78, 5) is 7.69. The smallest absolute Gasteiger partial charge is 0.188 e. The molecule has 0 unspecified atom stereocenters. The van der Waals surface area contributed by atoms with Gasteiger partial charge in [0.1, 0.15) is 11.5 Å². The fourth-order valence-electron chi connectivity index (χ4n) is 21.3. The van der Waals surface area contributed by atoms with Gasteiger partial charge in [0.05, 0.1) is 5.69 Å². The van der Waals surface area contributed by atoms with Gasteiger partial charge in [-0.05, 0) is 192 Å². The largest absolute Gasteiger partial charge is 0.457 e. The Morgan fingerprint density at radius 2 is 0.683 bits per heavy atom. The molecule has 0 saturated heterocycles. The van der Waals surface area contributed by atoms with Crippen LogP contribution in [0.15, 0.2) is 447 Å². The maximum Gasteiger partial charge on any atom is 0.188 e. The third-order valence-electron chi connectivity index (χ3n) is 26.8. The second kappa shape index (κ2) is 29.5. The van der Waals surface area contributed by atoms with E-state index in [4.69, 9.17) is 4.74 Å². The molecule has 20 aromatic rings. The molecular weight excluding hydrogens is 1560 g/mol. The van der Waals surface area contributed by atoms with Gasteiger partial charge in [0.15, 0.2) is 16.1 Å². The van der Waals surface area contributed by atoms with Crippen LogP contribution in [-0.4, -0.2) is 16.1 Å². The summed E-state index contributed by atoms with van der Waals surface area (Å²) in [5.41, 5.74) is 21.9. The third kappa shape index (κ3) is 11.5. The molecule has 2 aliphatic carbocycles. The van der Waals surface area contributed by atoms with E-state index in [1.54, 1.807) is 0 Å². The molecule has 0 amide bonds. The van der Waals surface area contributed by atoms with E-state index in [2.05, 4.69) is 474 Å². The minimum absolute atomic E-state index is 0.160. The van der Waals surface area contributed by atoms with Crippen LogP contribution in [0.25, 0.3) is 86.2 Å². The van der Waals surface area contributed by atoms with Crippen LogP contribution in [0.1, 0.15) is 49.9 Å². The minimum Gasteiger partial charge on any atom is -0.457 e. The maximum absolute atomic E-state index is 7.33. The van der Waals surface area contributed by atoms with Crippen molar-refractivity contribution in [3.63, 3.8) is 0 Å². The Kier molecular flexibility index (Phi) is 17.8. The van der Waals surface area contributed by atoms with Gasteiger partial charge in [-0.1, -0.05) is 397 Å². The summed E-state index contributed by atoms with van der Waals surface area (Å²) < 4.78 is 10.00. The molecule has 2 aliphatic heterocycles. The van der Waals surface area contributed by atoms with Crippen LogP contribution < -0.4 is 56.0 Å². The van der Waals surface area contributed by atoms with Crippen LogP contribution >= 0.6 is 23.1 Å². The molecule has 1 aromatic heterocycles. The molecule has 0 N–H and O–H groups in total. The van der Waals surface area contributed by atoms with E-state index < -0.39 is 16.1 Å². The quantitative estimate of drug-likeness (QED) is 0.0894. The SMILES string of the molecule is CC1(C)c2ccc(N(c3ccccc3)c3c4ccccc4c(-c4ccccc4)c4ccccc34)cc2-c2c1ccc1c2Oc2ccccc2[Si]1(c1ccccc1)c1ccccc1.CC1(C)c2ccc(N(c3ccccc3)c3ccc(-c4cccc5c4sc4ccccc45)cc3)cc2-c2c1ccc1c2Sc2ccccc2[Si]1(c1ccccc1)c1ccccc1. The number of benzene rings is 19. The molecule has 7 heteroatoms. The van der Waals surface area contributed by atoms with Crippen molar-refractivity contribution in [2.45, 2.75) is 48.3 Å². The average Bonchev–Trinajstić information content (AvgIpc) is 0.818. The van der Waals surface area contributed by atoms with Gasteiger partial charge in [0, 0.05) is 85.6 Å². The Labute approximate surface area is 728 Å². The number of anilines is 6. The van der Waals surface area contributed by atoms with Gasteiger partial charge in [-0.15, -0.1) is 11.3 Å². The molecule has 0 atom stereocenters. The first kappa shape index (κ1) is 74.2. The summed E-state index contributed by atoms with van der Waals surface area (Å²) >= 11 is 3.86. The number of hydrogen-bond acceptors (Lipinski definition) is 5. The molecule has 3 heterocycles. The highest BCUT2D eigenvalue weighted by atomic mass is 32.2. The predicted octanol–water partition coefficient (Wildman–Crippen LogP) is 26.3. The lowest BCUT2D eigenvalue weighted by atomic mass is 9.82. The van der Waals surface area contributed by atoms with Crippen molar-refractivity contribution in [2.24, 2.45) is 0 Å². The molecule has 4 aliphatic rings. The zero-order valence-corrected chi connectivity index (χ0v) is 72.3. The van der Waals surface area contributed by atoms with Gasteiger partial charge < -0.3 is 14.5 Å². The molecular formula is C116H84N2OS2Si2. The van der Waals surface area contributed by atoms with E-state index in [0.29, 0.717) is 0 Å². The summed E-state index contributed by atoms with van der Waals surface area (Å²) in [6, 6.07) is 162. The molecule has 3 nitrogen and oxygen atoms in total. The van der Waals surface area contributed by atoms with Crippen LogP contribution in [-0.2, 0) is 10.8 Å². The van der Waals surface area contributed by atoms with Crippen LogP contribution in [0.3, 0.4) is 0 Å². The van der Waals surface area contributed by atoms with Gasteiger partial charge in [-0.25, -0.2) is 0 Å². The number of ether oxygens (including phenoxy) is 1. The molecule has 24 rings (SSSR count). The van der Waals surface area contributed by atoms with Crippen molar-refractivity contribution < 1.29 is 4.74 Å². The Bertz CT molecular complexity index is 7410. The summed E-state index contributed by atoms with van der Waals surface area (Å²) in [6.45, 7) is 9.57. The predicted molar refractivity (Wildman–Crippen MR) is 528 cm³/mol. The Morgan fingerprint density at radius 1 is 0.268 bits per heavy atom. The maximum atomic E-state index is 7.33. The van der Waals surface area contributed by atoms with E-state index in [1.165, 1.54) is 165 Å². The molecule has 19 aromatic carbocycles. The van der Waals surface area contributed by atoms with Gasteiger partial charge in [-0.3, -0.25) is 0 Å². The molecule has 0 fully saturated rings. The van der Waals surface area contributed by atoms with Crippen LogP contribution in [0, 0.1) is 0 Å². The molecule has 0 saturated carbocycles. The number of thiophene rings is 1. The Hall–Kier alpha value is -13.9. The molecule has 0 radical (unpaired) electrons. The van der Waals surface area contributed by atoms with Gasteiger partial charge in [0.25, 0.3) is 0 Å². The molecule has 123 heavy (non-hydrogen) atoms. The summed E-state index contributed by atoms with van der Waals surface area (Å²) in [7, 11) is -5.58. The first-order chi connectivity index (χ1) is 60.6. The lowest BCUT2D eigenvalue weighted by Gasteiger charge is -2.40. The lowest BCUT2D eigenvalue weighted by molar-refractivity contribution is 0.488. The Balaban J connectivity index is 0.000000142. The monoisotopic (exact) mass is 1640 g/mol. The van der Waals surface area contributed by atoms with E-state index >= 15 is 0 Å². The third-order valence-corrected chi connectivity index (χ3v) is 39.2. The van der Waals surface area contributed by atoms with Crippen LogP contribution in [0.5, 0.6) is 11.5 Å². The first-order valence-corrected chi connectivity index (χ1v) is 48.3. The van der Waals surface area contributed by atoms with Crippen molar-refractivity contribution in [2.75, 3.05) is 9.80 Å². The van der Waals surface area contributed by atoms with Crippen molar-refractivity contribution in [1.82, 2.24) is 0 Å². The van der Waals surface area contributed by atoms with Gasteiger partial charge in [-0.2, -0.15) is 0 Å². The normalized spacial score (nSPS) is 14.1. The van der Waals surface area contributed by atoms with Gasteiger partial charge in [0.2, 0.25) is 0 Å². The molecule has 0 bridgehead atoms. The highest BCUT2D eigenvalue weighted by Gasteiger charge is 2.53. The lowest BCUT2D eigenvalue weighted by Crippen LogP contribution is -2.76. The first-order valence-electron chi connectivity index (χ1n) is 42.7. The standard InChI is InChI=1S/C59H43NOSi.C57H41NS2Si/c1-59(2)50-36-35-42(60(41-23-9-4-10-24-41)57-47-31-17-15-29-45(47)55(40-21-7-3-8-22-40)46-30-16-18-32-48(46)57)39-49(50)56-51(59)37-38-54-58(56)61-52-33-19-20-34-53(52)62(54,43-25-11-5-12-26-43)44-27-13-6-14-28-44;1-57(2)48-34-33-41(58(39-17-6-3-7-18-39)40-31-29-38(30-32-40)44-24-16-25-46-45-23-12-13-26-50(45)59-55(44)46)37-47(48)54-49(57)35-36-53-56(54)60-51-27-14-15-28-52(51)61(53,42-19-8-4-9-20-42)43-21-10-5-11-22-43/h3-39H,1-2H3;3-37H,1-2H3. The number of fused-ring (bicyclic) bond motifs is 17. The number of rotatable bonds is 12. The van der Waals surface area contributed by atoms with E-state index in [-0.39, 0.29) is 10.8 Å². The zero-order chi connectivity index (χ0) is 82.1. The number of hydrogen-bond donors (Lipinski definition) is 0. The van der Waals surface area contributed by atoms with Gasteiger partial charge >= 0.3 is 0 Å². The summed E-state index contributed by atoms with van der Waals surface area (Å²) in [5.74, 6) is 1.93. The molecule has 0 spiro atoms.